The molecule has 0 unspecified atom stereocenters. The smallest absolute Gasteiger partial charge is 0.266 e. The number of hydrogen-bond donors (Lipinski definition) is 0. The molecule has 0 bridgehead atoms. The molecule has 0 N–H and O–H groups in total. The summed E-state index contributed by atoms with van der Waals surface area (Å²) in [5.74, 6) is 0. The van der Waals surface area contributed by atoms with E-state index in [1.165, 1.54) is 22.2 Å². The highest BCUT2D eigenvalue weighted by Gasteiger charge is 2.14. The Balaban J connectivity index is 1.77. The zero-order chi connectivity index (χ0) is 20.0. The molecule has 2 aromatic carbocycles. The molecule has 0 radical (unpaired) electrons. The number of fused-ring (bicyclic) bond motifs is 1. The lowest BCUT2D eigenvalue weighted by Gasteiger charge is -2.05. The van der Waals surface area contributed by atoms with E-state index in [2.05, 4.69) is 42.1 Å². The molecule has 142 valence electrons. The lowest BCUT2D eigenvalue weighted by atomic mass is 10.0. The second-order valence-corrected chi connectivity index (χ2v) is 7.91. The molecule has 7 heteroatoms. The molecule has 0 aliphatic heterocycles. The normalized spacial score (nSPS) is 12.1. The van der Waals surface area contributed by atoms with Gasteiger partial charge in [0.1, 0.15) is 12.0 Å². The van der Waals surface area contributed by atoms with Gasteiger partial charge < -0.3 is 0 Å². The van der Waals surface area contributed by atoms with Crippen molar-refractivity contribution in [1.82, 2.24) is 24.4 Å². The van der Waals surface area contributed by atoms with Crippen LogP contribution in [0.1, 0.15) is 16.7 Å². The Morgan fingerprint density at radius 1 is 1.07 bits per heavy atom. The predicted octanol–water partition coefficient (Wildman–Crippen LogP) is 3.17. The fraction of sp³-hybridized carbons (Fsp3) is 0.0909. The SMILES string of the molecule is Cc1ccc(C)c(-c2nn(-c3ccccc3)cc2C=c2sc3ncnn3c2=O)c1. The molecule has 0 saturated heterocycles. The predicted molar refractivity (Wildman–Crippen MR) is 114 cm³/mol. The zero-order valence-electron chi connectivity index (χ0n) is 15.9. The van der Waals surface area contributed by atoms with Gasteiger partial charge in [0.05, 0.1) is 10.2 Å². The van der Waals surface area contributed by atoms with Crippen LogP contribution in [0.3, 0.4) is 0 Å². The lowest BCUT2D eigenvalue weighted by Crippen LogP contribution is -2.23. The Morgan fingerprint density at radius 3 is 2.69 bits per heavy atom. The van der Waals surface area contributed by atoms with Crippen molar-refractivity contribution in [2.75, 3.05) is 0 Å². The van der Waals surface area contributed by atoms with Crippen LogP contribution in [0.4, 0.5) is 0 Å². The van der Waals surface area contributed by atoms with Crippen LogP contribution >= 0.6 is 11.3 Å². The highest BCUT2D eigenvalue weighted by molar-refractivity contribution is 7.15. The van der Waals surface area contributed by atoms with Crippen LogP contribution in [-0.4, -0.2) is 24.4 Å². The van der Waals surface area contributed by atoms with E-state index >= 15 is 0 Å². The van der Waals surface area contributed by atoms with Crippen molar-refractivity contribution in [1.29, 1.82) is 0 Å². The summed E-state index contributed by atoms with van der Waals surface area (Å²) in [6.07, 6.45) is 5.24. The highest BCUT2D eigenvalue weighted by Crippen LogP contribution is 2.28. The summed E-state index contributed by atoms with van der Waals surface area (Å²) < 4.78 is 3.76. The maximum Gasteiger partial charge on any atom is 0.291 e. The van der Waals surface area contributed by atoms with Crippen molar-refractivity contribution >= 4 is 22.4 Å². The number of para-hydroxylation sites is 1. The van der Waals surface area contributed by atoms with Gasteiger partial charge in [-0.25, -0.2) is 9.67 Å². The summed E-state index contributed by atoms with van der Waals surface area (Å²) in [5, 5.41) is 8.87. The van der Waals surface area contributed by atoms with E-state index in [1.807, 2.05) is 47.3 Å². The van der Waals surface area contributed by atoms with Crippen molar-refractivity contribution < 1.29 is 0 Å². The summed E-state index contributed by atoms with van der Waals surface area (Å²) >= 11 is 1.33. The number of thiazole rings is 1. The molecule has 6 nitrogen and oxygen atoms in total. The number of benzene rings is 2. The first kappa shape index (κ1) is 17.5. The number of hydrogen-bond acceptors (Lipinski definition) is 5. The molecule has 0 saturated carbocycles. The summed E-state index contributed by atoms with van der Waals surface area (Å²) in [5.41, 5.74) is 5.86. The van der Waals surface area contributed by atoms with Gasteiger partial charge in [0.2, 0.25) is 4.96 Å². The Bertz CT molecular complexity index is 1450. The Morgan fingerprint density at radius 2 is 1.90 bits per heavy atom. The number of aromatic nitrogens is 5. The number of aryl methyl sites for hydroxylation is 2. The zero-order valence-corrected chi connectivity index (χ0v) is 16.7. The molecule has 3 heterocycles. The van der Waals surface area contributed by atoms with Crippen molar-refractivity contribution in [3.63, 3.8) is 0 Å². The minimum absolute atomic E-state index is 0.165. The topological polar surface area (TPSA) is 65.1 Å². The number of nitrogens with zero attached hydrogens (tertiary/aromatic N) is 5. The summed E-state index contributed by atoms with van der Waals surface area (Å²) in [6.45, 7) is 4.14. The van der Waals surface area contributed by atoms with Crippen molar-refractivity contribution in [2.24, 2.45) is 0 Å². The maximum absolute atomic E-state index is 12.7. The maximum atomic E-state index is 12.7. The molecular weight excluding hydrogens is 382 g/mol. The molecule has 29 heavy (non-hydrogen) atoms. The molecule has 5 aromatic rings. The van der Waals surface area contributed by atoms with E-state index in [0.29, 0.717) is 9.49 Å². The van der Waals surface area contributed by atoms with Gasteiger partial charge >= 0.3 is 0 Å². The standard InChI is InChI=1S/C22H17N5OS/c1-14-8-9-15(2)18(10-14)20-16(12-26(25-20)17-6-4-3-5-7-17)11-19-21(28)27-22(29-19)23-13-24-27/h3-13H,1-2H3. The molecule has 5 rings (SSSR count). The molecule has 3 aromatic heterocycles. The molecule has 0 spiro atoms. The van der Waals surface area contributed by atoms with E-state index < -0.39 is 0 Å². The molecule has 0 atom stereocenters. The van der Waals surface area contributed by atoms with Gasteiger partial charge in [-0.3, -0.25) is 4.79 Å². The second-order valence-electron chi connectivity index (χ2n) is 6.90. The Hall–Kier alpha value is -3.58. The van der Waals surface area contributed by atoms with Crippen LogP contribution in [0, 0.1) is 13.8 Å². The largest absolute Gasteiger partial charge is 0.291 e. The van der Waals surface area contributed by atoms with Crippen molar-refractivity contribution in [3.05, 3.63) is 92.6 Å². The lowest BCUT2D eigenvalue weighted by molar-refractivity contribution is 0.884. The Labute approximate surface area is 170 Å². The van der Waals surface area contributed by atoms with Gasteiger partial charge in [-0.15, -0.1) is 0 Å². The third-order valence-electron chi connectivity index (χ3n) is 4.82. The van der Waals surface area contributed by atoms with Gasteiger partial charge in [0.15, 0.2) is 0 Å². The van der Waals surface area contributed by atoms with Crippen LogP contribution in [0.25, 0.3) is 28.0 Å². The number of rotatable bonds is 3. The minimum Gasteiger partial charge on any atom is -0.266 e. The van der Waals surface area contributed by atoms with Gasteiger partial charge in [-0.1, -0.05) is 47.2 Å². The average Bonchev–Trinajstić information content (AvgIpc) is 3.42. The van der Waals surface area contributed by atoms with Crippen LogP contribution in [0.2, 0.25) is 0 Å². The quantitative estimate of drug-likeness (QED) is 0.467. The minimum atomic E-state index is -0.165. The van der Waals surface area contributed by atoms with E-state index in [-0.39, 0.29) is 5.56 Å². The second kappa shape index (κ2) is 6.79. The fourth-order valence-electron chi connectivity index (χ4n) is 3.32. The van der Waals surface area contributed by atoms with E-state index in [9.17, 15) is 4.79 Å². The molecule has 0 amide bonds. The summed E-state index contributed by atoms with van der Waals surface area (Å²) in [7, 11) is 0. The fourth-order valence-corrected chi connectivity index (χ4v) is 4.20. The van der Waals surface area contributed by atoms with E-state index in [0.717, 1.165) is 33.6 Å². The van der Waals surface area contributed by atoms with Gasteiger partial charge in [0, 0.05) is 17.3 Å². The molecule has 0 aliphatic rings. The van der Waals surface area contributed by atoms with Crippen LogP contribution in [-0.2, 0) is 0 Å². The third kappa shape index (κ3) is 3.05. The molecular formula is C22H17N5OS. The van der Waals surface area contributed by atoms with Crippen LogP contribution in [0.5, 0.6) is 0 Å². The molecule has 0 aliphatic carbocycles. The van der Waals surface area contributed by atoms with Gasteiger partial charge in [-0.05, 0) is 43.7 Å². The van der Waals surface area contributed by atoms with E-state index in [4.69, 9.17) is 5.10 Å². The van der Waals surface area contributed by atoms with Crippen LogP contribution in [0.15, 0.2) is 65.8 Å². The summed E-state index contributed by atoms with van der Waals surface area (Å²) in [4.78, 5) is 17.4. The van der Waals surface area contributed by atoms with Gasteiger partial charge in [0.25, 0.3) is 5.56 Å². The Kier molecular flexibility index (Phi) is 4.10. The summed E-state index contributed by atoms with van der Waals surface area (Å²) in [6, 6.07) is 16.3. The van der Waals surface area contributed by atoms with Crippen LogP contribution < -0.4 is 10.1 Å². The third-order valence-corrected chi connectivity index (χ3v) is 5.79. The first-order valence-corrected chi connectivity index (χ1v) is 9.99. The first-order valence-electron chi connectivity index (χ1n) is 9.17. The van der Waals surface area contributed by atoms with Crippen molar-refractivity contribution in [2.45, 2.75) is 13.8 Å². The highest BCUT2D eigenvalue weighted by atomic mass is 32.1. The van der Waals surface area contributed by atoms with Crippen molar-refractivity contribution in [3.8, 4) is 16.9 Å². The average molecular weight is 399 g/mol. The first-order chi connectivity index (χ1) is 14.1. The van der Waals surface area contributed by atoms with E-state index in [1.54, 1.807) is 0 Å². The monoisotopic (exact) mass is 399 g/mol. The molecule has 0 fully saturated rings. The van der Waals surface area contributed by atoms with Gasteiger partial charge in [-0.2, -0.15) is 14.7 Å².